The van der Waals surface area contributed by atoms with Gasteiger partial charge in [0.15, 0.2) is 0 Å². The van der Waals surface area contributed by atoms with Crippen LogP contribution in [-0.4, -0.2) is 29.8 Å². The van der Waals surface area contributed by atoms with Crippen molar-refractivity contribution < 1.29 is 14.0 Å². The third kappa shape index (κ3) is 26.3. The molecule has 1 atom stereocenters. The van der Waals surface area contributed by atoms with Gasteiger partial charge in [-0.2, -0.15) is 0 Å². The molecule has 38 heavy (non-hydrogen) atoms. The van der Waals surface area contributed by atoms with E-state index in [0.717, 1.165) is 25.7 Å². The zero-order chi connectivity index (χ0) is 28.0. The first-order valence-corrected chi connectivity index (χ1v) is 18.8. The first-order valence-electron chi connectivity index (χ1n) is 17.2. The normalized spacial score (nSPS) is 13.4. The minimum Gasteiger partial charge on any atom is -0.312 e. The highest BCUT2D eigenvalue weighted by Crippen LogP contribution is 2.45. The highest BCUT2D eigenvalue weighted by molar-refractivity contribution is 7.50. The van der Waals surface area contributed by atoms with Gasteiger partial charge in [0.2, 0.25) is 0 Å². The molecular formula is C33H70NO3P. The molecule has 4 nitrogen and oxygen atoms in total. The number of unbranched alkanes of at least 4 members (excludes halogenated alkanes) is 26. The van der Waals surface area contributed by atoms with Crippen LogP contribution in [0.3, 0.4) is 0 Å². The topological polar surface area (TPSA) is 49.8 Å². The SMILES string of the molecule is CCCCCCCCCCCCCCCCN(CCCCCCCCCCCCCCCC)P(=O)(O)OC. The first-order chi connectivity index (χ1) is 18.6. The third-order valence-corrected chi connectivity index (χ3v) is 9.73. The Morgan fingerprint density at radius 3 is 0.868 bits per heavy atom. The van der Waals surface area contributed by atoms with Crippen LogP contribution >= 0.6 is 7.75 Å². The van der Waals surface area contributed by atoms with Gasteiger partial charge in [0.05, 0.1) is 0 Å². The third-order valence-electron chi connectivity index (χ3n) is 8.13. The van der Waals surface area contributed by atoms with Crippen LogP contribution in [0, 0.1) is 0 Å². The molecule has 0 aromatic rings. The lowest BCUT2D eigenvalue weighted by Crippen LogP contribution is -2.23. The molecule has 0 heterocycles. The van der Waals surface area contributed by atoms with Gasteiger partial charge in [-0.25, -0.2) is 9.24 Å². The molecule has 0 aliphatic heterocycles. The standard InChI is InChI=1S/C33H70NO3P/c1-4-6-8-10-12-14-16-18-20-22-24-26-28-30-32-34(38(35,36)37-3)33-31-29-27-25-23-21-19-17-15-13-11-9-7-5-2/h4-33H2,1-3H3,(H,35,36). The van der Waals surface area contributed by atoms with Gasteiger partial charge in [0, 0.05) is 20.2 Å². The molecule has 0 amide bonds. The highest BCUT2D eigenvalue weighted by atomic mass is 31.2. The summed E-state index contributed by atoms with van der Waals surface area (Å²) in [5.41, 5.74) is 0. The molecule has 1 unspecified atom stereocenters. The number of nitrogens with zero attached hydrogens (tertiary/aromatic N) is 1. The lowest BCUT2D eigenvalue weighted by atomic mass is 10.0. The average molecular weight is 560 g/mol. The minimum absolute atomic E-state index is 0.679. The van der Waals surface area contributed by atoms with Gasteiger partial charge < -0.3 is 9.42 Å². The maximum Gasteiger partial charge on any atom is 0.405 e. The second kappa shape index (κ2) is 30.1. The van der Waals surface area contributed by atoms with E-state index in [4.69, 9.17) is 4.52 Å². The van der Waals surface area contributed by atoms with Crippen LogP contribution in [0.25, 0.3) is 0 Å². The number of hydrogen-bond acceptors (Lipinski definition) is 2. The maximum atomic E-state index is 12.5. The lowest BCUT2D eigenvalue weighted by Gasteiger charge is -2.25. The van der Waals surface area contributed by atoms with Crippen molar-refractivity contribution in [1.82, 2.24) is 4.67 Å². The van der Waals surface area contributed by atoms with Crippen LogP contribution in [0.5, 0.6) is 0 Å². The molecule has 0 saturated carbocycles. The van der Waals surface area contributed by atoms with Gasteiger partial charge in [-0.1, -0.05) is 181 Å². The van der Waals surface area contributed by atoms with E-state index in [1.165, 1.54) is 161 Å². The van der Waals surface area contributed by atoms with Crippen molar-refractivity contribution in [3.8, 4) is 0 Å². The van der Waals surface area contributed by atoms with E-state index >= 15 is 0 Å². The molecule has 0 aliphatic carbocycles. The Balaban J connectivity index is 3.65. The lowest BCUT2D eigenvalue weighted by molar-refractivity contribution is 0.230. The Labute approximate surface area is 240 Å². The Hall–Kier alpha value is 0.110. The van der Waals surface area contributed by atoms with Crippen LogP contribution in [-0.2, 0) is 9.09 Å². The second-order valence-corrected chi connectivity index (χ2v) is 13.7. The molecule has 0 aromatic heterocycles. The summed E-state index contributed by atoms with van der Waals surface area (Å²) in [6.07, 6.45) is 37.2. The highest BCUT2D eigenvalue weighted by Gasteiger charge is 2.27. The van der Waals surface area contributed by atoms with E-state index in [1.807, 2.05) is 0 Å². The predicted octanol–water partition coefficient (Wildman–Crippen LogP) is 12.0. The van der Waals surface area contributed by atoms with Crippen molar-refractivity contribution in [2.75, 3.05) is 20.2 Å². The molecule has 0 rings (SSSR count). The fraction of sp³-hybridized carbons (Fsp3) is 1.00. The second-order valence-electron chi connectivity index (χ2n) is 11.8. The van der Waals surface area contributed by atoms with Crippen molar-refractivity contribution >= 4 is 7.75 Å². The summed E-state index contributed by atoms with van der Waals surface area (Å²) in [5.74, 6) is 0. The number of rotatable bonds is 32. The largest absolute Gasteiger partial charge is 0.405 e. The summed E-state index contributed by atoms with van der Waals surface area (Å²) in [7, 11) is -2.26. The van der Waals surface area contributed by atoms with Crippen LogP contribution in [0.2, 0.25) is 0 Å². The van der Waals surface area contributed by atoms with Crippen LogP contribution < -0.4 is 0 Å². The van der Waals surface area contributed by atoms with Crippen molar-refractivity contribution in [2.24, 2.45) is 0 Å². The molecule has 0 aromatic carbocycles. The van der Waals surface area contributed by atoms with Crippen LogP contribution in [0.15, 0.2) is 0 Å². The monoisotopic (exact) mass is 560 g/mol. The molecule has 0 bridgehead atoms. The van der Waals surface area contributed by atoms with E-state index in [9.17, 15) is 9.46 Å². The Morgan fingerprint density at radius 2 is 0.658 bits per heavy atom. The van der Waals surface area contributed by atoms with E-state index in [-0.39, 0.29) is 0 Å². The fourth-order valence-electron chi connectivity index (χ4n) is 5.46. The van der Waals surface area contributed by atoms with Crippen molar-refractivity contribution in [3.05, 3.63) is 0 Å². The molecule has 5 heteroatoms. The van der Waals surface area contributed by atoms with Crippen LogP contribution in [0.1, 0.15) is 194 Å². The summed E-state index contributed by atoms with van der Waals surface area (Å²) < 4.78 is 19.2. The van der Waals surface area contributed by atoms with Crippen molar-refractivity contribution in [2.45, 2.75) is 194 Å². The smallest absolute Gasteiger partial charge is 0.312 e. The van der Waals surface area contributed by atoms with Gasteiger partial charge in [0.1, 0.15) is 0 Å². The Morgan fingerprint density at radius 1 is 0.447 bits per heavy atom. The van der Waals surface area contributed by atoms with Gasteiger partial charge in [-0.05, 0) is 12.8 Å². The Bertz CT molecular complexity index is 471. The zero-order valence-corrected chi connectivity index (χ0v) is 27.3. The summed E-state index contributed by atoms with van der Waals surface area (Å²) >= 11 is 0. The van der Waals surface area contributed by atoms with Gasteiger partial charge in [-0.15, -0.1) is 0 Å². The number of hydrogen-bond donors (Lipinski definition) is 1. The zero-order valence-electron chi connectivity index (χ0n) is 26.4. The fourth-order valence-corrected chi connectivity index (χ4v) is 6.48. The summed E-state index contributed by atoms with van der Waals surface area (Å²) in [5, 5.41) is 0. The van der Waals surface area contributed by atoms with E-state index in [1.54, 1.807) is 4.67 Å². The van der Waals surface area contributed by atoms with Crippen molar-refractivity contribution in [3.63, 3.8) is 0 Å². The summed E-state index contributed by atoms with van der Waals surface area (Å²) in [4.78, 5) is 10.2. The Kier molecular flexibility index (Phi) is 30.2. The van der Waals surface area contributed by atoms with Gasteiger partial charge in [0.25, 0.3) is 0 Å². The van der Waals surface area contributed by atoms with E-state index in [2.05, 4.69) is 13.8 Å². The molecule has 230 valence electrons. The minimum atomic E-state index is -3.62. The summed E-state index contributed by atoms with van der Waals surface area (Å²) in [6, 6.07) is 0. The van der Waals surface area contributed by atoms with Gasteiger partial charge >= 0.3 is 7.75 Å². The van der Waals surface area contributed by atoms with E-state index in [0.29, 0.717) is 13.1 Å². The maximum absolute atomic E-state index is 12.5. The van der Waals surface area contributed by atoms with Crippen molar-refractivity contribution in [1.29, 1.82) is 0 Å². The first kappa shape index (κ1) is 38.1. The summed E-state index contributed by atoms with van der Waals surface area (Å²) in [6.45, 7) is 5.92. The van der Waals surface area contributed by atoms with Gasteiger partial charge in [-0.3, -0.25) is 0 Å². The molecule has 0 aliphatic rings. The quantitative estimate of drug-likeness (QED) is 0.0657. The molecule has 1 N–H and O–H groups in total. The molecule has 0 radical (unpaired) electrons. The molecule has 0 fully saturated rings. The molecular weight excluding hydrogens is 489 g/mol. The average Bonchev–Trinajstić information content (AvgIpc) is 2.92. The van der Waals surface area contributed by atoms with E-state index < -0.39 is 7.75 Å². The molecule has 0 spiro atoms. The predicted molar refractivity (Wildman–Crippen MR) is 169 cm³/mol. The molecule has 0 saturated heterocycles. The van der Waals surface area contributed by atoms with Crippen LogP contribution in [0.4, 0.5) is 0 Å².